The summed E-state index contributed by atoms with van der Waals surface area (Å²) in [5.41, 5.74) is 1.09. The molecule has 11 heavy (non-hydrogen) atoms. The van der Waals surface area contributed by atoms with E-state index in [1.165, 1.54) is 0 Å². The number of hydrogen-bond donors (Lipinski definition) is 2. The monoisotopic (exact) mass is 149 g/mol. The van der Waals surface area contributed by atoms with Gasteiger partial charge in [-0.05, 0) is 0 Å². The summed E-state index contributed by atoms with van der Waals surface area (Å²) in [5, 5.41) is 3.17. The minimum Gasteiger partial charge on any atom is -0.347 e. The number of imidazole rings is 1. The molecule has 0 aliphatic carbocycles. The molecular weight excluding hydrogens is 138 g/mol. The van der Waals surface area contributed by atoms with Crippen LogP contribution in [0, 0.1) is 12.3 Å². The van der Waals surface area contributed by atoms with Crippen molar-refractivity contribution in [3.63, 3.8) is 0 Å². The zero-order chi connectivity index (χ0) is 7.94. The predicted octanol–water partition coefficient (Wildman–Crippen LogP) is 0.523. The molecule has 0 aliphatic heterocycles. The highest BCUT2D eigenvalue weighted by molar-refractivity contribution is 4.93. The quantitative estimate of drug-likeness (QED) is 0.484. The Balaban J connectivity index is 2.10. The van der Waals surface area contributed by atoms with Gasteiger partial charge in [-0.25, -0.2) is 4.98 Å². The van der Waals surface area contributed by atoms with Gasteiger partial charge in [0.2, 0.25) is 0 Å². The van der Waals surface area contributed by atoms with E-state index in [0.29, 0.717) is 0 Å². The van der Waals surface area contributed by atoms with Crippen molar-refractivity contribution in [2.45, 2.75) is 13.0 Å². The number of hydrogen-bond acceptors (Lipinski definition) is 2. The number of terminal acetylenes is 1. The Morgan fingerprint density at radius 2 is 2.64 bits per heavy atom. The number of aromatic nitrogens is 2. The van der Waals surface area contributed by atoms with E-state index in [1.54, 1.807) is 12.5 Å². The molecule has 1 rings (SSSR count). The fourth-order valence-corrected chi connectivity index (χ4v) is 0.765. The van der Waals surface area contributed by atoms with E-state index in [2.05, 4.69) is 21.2 Å². The standard InChI is InChI=1S/C8H11N3/c1-2-3-4-9-5-8-6-10-7-11-8/h1,6-7,9H,3-5H2,(H,10,11). The average Bonchev–Trinajstić information content (AvgIpc) is 2.50. The second-order valence-electron chi connectivity index (χ2n) is 2.21. The fourth-order valence-electron chi connectivity index (χ4n) is 0.765. The number of aromatic amines is 1. The average molecular weight is 149 g/mol. The molecule has 3 nitrogen and oxygen atoms in total. The van der Waals surface area contributed by atoms with Crippen LogP contribution in [0.15, 0.2) is 12.5 Å². The van der Waals surface area contributed by atoms with Crippen LogP contribution in [0.4, 0.5) is 0 Å². The maximum absolute atomic E-state index is 5.08. The molecule has 0 radical (unpaired) electrons. The van der Waals surface area contributed by atoms with Gasteiger partial charge in [-0.3, -0.25) is 0 Å². The van der Waals surface area contributed by atoms with Crippen molar-refractivity contribution in [2.24, 2.45) is 0 Å². The molecule has 0 saturated heterocycles. The summed E-state index contributed by atoms with van der Waals surface area (Å²) in [6, 6.07) is 0. The molecule has 0 fully saturated rings. The summed E-state index contributed by atoms with van der Waals surface area (Å²) in [6.45, 7) is 1.66. The van der Waals surface area contributed by atoms with E-state index < -0.39 is 0 Å². The summed E-state index contributed by atoms with van der Waals surface area (Å²) in [4.78, 5) is 6.87. The number of rotatable bonds is 4. The third-order valence-electron chi connectivity index (χ3n) is 1.32. The van der Waals surface area contributed by atoms with Gasteiger partial charge in [0.25, 0.3) is 0 Å². The Kier molecular flexibility index (Phi) is 3.23. The summed E-state index contributed by atoms with van der Waals surface area (Å²) < 4.78 is 0. The van der Waals surface area contributed by atoms with Crippen LogP contribution in [-0.2, 0) is 6.54 Å². The van der Waals surface area contributed by atoms with Gasteiger partial charge in [0.1, 0.15) is 0 Å². The highest BCUT2D eigenvalue weighted by atomic mass is 14.9. The third kappa shape index (κ3) is 2.87. The second kappa shape index (κ2) is 4.53. The first-order valence-corrected chi connectivity index (χ1v) is 3.55. The normalized spacial score (nSPS) is 9.36. The smallest absolute Gasteiger partial charge is 0.0922 e. The maximum atomic E-state index is 5.08. The highest BCUT2D eigenvalue weighted by Crippen LogP contribution is 1.88. The largest absolute Gasteiger partial charge is 0.347 e. The van der Waals surface area contributed by atoms with Crippen molar-refractivity contribution in [1.29, 1.82) is 0 Å². The van der Waals surface area contributed by atoms with Crippen molar-refractivity contribution in [3.8, 4) is 12.3 Å². The van der Waals surface area contributed by atoms with Crippen molar-refractivity contribution < 1.29 is 0 Å². The summed E-state index contributed by atoms with van der Waals surface area (Å²) in [5.74, 6) is 2.56. The SMILES string of the molecule is C#CCCNCc1cnc[nH]1. The zero-order valence-corrected chi connectivity index (χ0v) is 6.30. The van der Waals surface area contributed by atoms with Crippen molar-refractivity contribution in [1.82, 2.24) is 15.3 Å². The Bertz CT molecular complexity index is 220. The van der Waals surface area contributed by atoms with E-state index in [1.807, 2.05) is 0 Å². The second-order valence-corrected chi connectivity index (χ2v) is 2.21. The maximum Gasteiger partial charge on any atom is 0.0922 e. The van der Waals surface area contributed by atoms with Gasteiger partial charge in [-0.15, -0.1) is 12.3 Å². The molecule has 3 heteroatoms. The van der Waals surface area contributed by atoms with Crippen LogP contribution >= 0.6 is 0 Å². The van der Waals surface area contributed by atoms with Gasteiger partial charge < -0.3 is 10.3 Å². The summed E-state index contributed by atoms with van der Waals surface area (Å²) >= 11 is 0. The number of nitrogens with zero attached hydrogens (tertiary/aromatic N) is 1. The van der Waals surface area contributed by atoms with Crippen LogP contribution in [-0.4, -0.2) is 16.5 Å². The molecule has 0 saturated carbocycles. The predicted molar refractivity (Wildman–Crippen MR) is 43.7 cm³/mol. The van der Waals surface area contributed by atoms with E-state index in [4.69, 9.17) is 6.42 Å². The Hall–Kier alpha value is -1.27. The Labute approximate surface area is 66.2 Å². The molecule has 2 N–H and O–H groups in total. The van der Waals surface area contributed by atoms with Gasteiger partial charge in [0, 0.05) is 31.4 Å². The van der Waals surface area contributed by atoms with Crippen molar-refractivity contribution in [3.05, 3.63) is 18.2 Å². The Morgan fingerprint density at radius 1 is 1.73 bits per heavy atom. The lowest BCUT2D eigenvalue weighted by Gasteiger charge is -1.97. The van der Waals surface area contributed by atoms with Gasteiger partial charge in [-0.2, -0.15) is 0 Å². The first-order valence-electron chi connectivity index (χ1n) is 3.55. The van der Waals surface area contributed by atoms with Crippen LogP contribution in [0.5, 0.6) is 0 Å². The molecular formula is C8H11N3. The van der Waals surface area contributed by atoms with E-state index in [-0.39, 0.29) is 0 Å². The molecule has 1 aromatic heterocycles. The molecule has 0 aromatic carbocycles. The molecule has 0 spiro atoms. The number of H-pyrrole nitrogens is 1. The van der Waals surface area contributed by atoms with Crippen LogP contribution in [0.2, 0.25) is 0 Å². The third-order valence-corrected chi connectivity index (χ3v) is 1.32. The molecule has 58 valence electrons. The van der Waals surface area contributed by atoms with Crippen molar-refractivity contribution >= 4 is 0 Å². The zero-order valence-electron chi connectivity index (χ0n) is 6.30. The summed E-state index contributed by atoms with van der Waals surface area (Å²) in [7, 11) is 0. The minimum absolute atomic E-state index is 0.772. The van der Waals surface area contributed by atoms with Gasteiger partial charge >= 0.3 is 0 Å². The molecule has 1 aromatic rings. The van der Waals surface area contributed by atoms with Crippen LogP contribution < -0.4 is 5.32 Å². The first kappa shape index (κ1) is 7.83. The van der Waals surface area contributed by atoms with Gasteiger partial charge in [-0.1, -0.05) is 0 Å². The van der Waals surface area contributed by atoms with Crippen LogP contribution in [0.3, 0.4) is 0 Å². The molecule has 0 bridgehead atoms. The molecule has 0 unspecified atom stereocenters. The van der Waals surface area contributed by atoms with E-state index in [0.717, 1.165) is 25.2 Å². The van der Waals surface area contributed by atoms with Gasteiger partial charge in [0.05, 0.1) is 6.33 Å². The fraction of sp³-hybridized carbons (Fsp3) is 0.375. The molecule has 0 aliphatic rings. The Morgan fingerprint density at radius 3 is 3.27 bits per heavy atom. The first-order chi connectivity index (χ1) is 5.43. The van der Waals surface area contributed by atoms with Crippen LogP contribution in [0.25, 0.3) is 0 Å². The minimum atomic E-state index is 0.772. The lowest BCUT2D eigenvalue weighted by molar-refractivity contribution is 0.690. The summed E-state index contributed by atoms with van der Waals surface area (Å²) in [6.07, 6.45) is 9.31. The van der Waals surface area contributed by atoms with E-state index in [9.17, 15) is 0 Å². The van der Waals surface area contributed by atoms with E-state index >= 15 is 0 Å². The molecule has 0 atom stereocenters. The highest BCUT2D eigenvalue weighted by Gasteiger charge is 1.90. The van der Waals surface area contributed by atoms with Crippen molar-refractivity contribution in [2.75, 3.05) is 6.54 Å². The topological polar surface area (TPSA) is 40.7 Å². The molecule has 1 heterocycles. The molecule has 0 amide bonds. The number of nitrogens with one attached hydrogen (secondary N) is 2. The van der Waals surface area contributed by atoms with Gasteiger partial charge in [0.15, 0.2) is 0 Å². The lowest BCUT2D eigenvalue weighted by atomic mass is 10.4. The lowest BCUT2D eigenvalue weighted by Crippen LogP contribution is -2.14. The van der Waals surface area contributed by atoms with Crippen LogP contribution in [0.1, 0.15) is 12.1 Å².